The Morgan fingerprint density at radius 1 is 0.490 bits per heavy atom. The van der Waals surface area contributed by atoms with E-state index in [-0.39, 0.29) is 61.1 Å². The molecule has 2 N–H and O–H groups in total. The smallest absolute Gasteiger partial charge is 0.328 e. The van der Waals surface area contributed by atoms with E-state index >= 15 is 0 Å². The third kappa shape index (κ3) is 15.1. The minimum Gasteiger partial charge on any atom is -0.497 e. The average molecular weight is 1380 g/mol. The summed E-state index contributed by atoms with van der Waals surface area (Å²) in [6.45, 7) is -0.954. The number of hydrogen-bond donors (Lipinski definition) is 2. The first-order valence-corrected chi connectivity index (χ1v) is 34.7. The number of nitrogens with one attached hydrogen (secondary N) is 2. The molecule has 0 radical (unpaired) electrons. The molecule has 0 saturated carbocycles. The van der Waals surface area contributed by atoms with E-state index in [1.54, 1.807) is 14.2 Å². The van der Waals surface area contributed by atoms with Gasteiger partial charge < -0.3 is 27.9 Å². The summed E-state index contributed by atoms with van der Waals surface area (Å²) in [6, 6.07) is 72.4. The zero-order valence-corrected chi connectivity index (χ0v) is 56.1. The predicted octanol–water partition coefficient (Wildman–Crippen LogP) is 12.8. The lowest BCUT2D eigenvalue weighted by Gasteiger charge is -2.24. The fourth-order valence-corrected chi connectivity index (χ4v) is 14.6. The summed E-state index contributed by atoms with van der Waals surface area (Å²) in [5.74, 6) is -4.28. The van der Waals surface area contributed by atoms with E-state index in [0.717, 1.165) is 31.3 Å². The molecule has 98 heavy (non-hydrogen) atoms. The van der Waals surface area contributed by atoms with Gasteiger partial charge in [0.2, 0.25) is 11.8 Å². The first-order chi connectivity index (χ1) is 47.9. The molecule has 0 spiro atoms. The highest BCUT2D eigenvalue weighted by Crippen LogP contribution is 2.40. The first kappa shape index (κ1) is 67.7. The summed E-state index contributed by atoms with van der Waals surface area (Å²) >= 11 is 2.88. The molecule has 0 fully saturated rings. The fraction of sp³-hybridized carbons (Fsp3) is 0.162. The standard InChI is InChI=1S/C74H60B2F4N8O6S4/c1-91-55-37-39-61-59(43-55)83-71(95-61)57(45-81)69-65-66(68(87(69)75(49-19-7-3-8-20-49)50-21-9-4-10-22-50)48-31-35-54(36-32-48)94-42-18-16-28-64(90)86-98-74(79)80)70(58(46-82)72-84-60-44-56(92-2)38-40-62(60)96-72)88(76(51-23-11-5-12-24-51)52-25-13-6-14-26-52)67(65)47-29-33-53(34-30-47)93-41-17-15-27-63(89)85-97-73(77)78/h3-14,19-26,29-40,43-44,73-74H,15-18,27-28,41-42H2,1-2H3,(H,85,89)(H,86,90)/b69-57-,70-58-. The highest BCUT2D eigenvalue weighted by Gasteiger charge is 2.38. The summed E-state index contributed by atoms with van der Waals surface area (Å²) < 4.78 is 86.0. The van der Waals surface area contributed by atoms with E-state index in [1.165, 1.54) is 22.7 Å². The first-order valence-electron chi connectivity index (χ1n) is 31.3. The maximum atomic E-state index is 12.9. The van der Waals surface area contributed by atoms with Gasteiger partial charge in [-0.1, -0.05) is 143 Å². The van der Waals surface area contributed by atoms with Gasteiger partial charge in [-0.3, -0.25) is 19.0 Å². The van der Waals surface area contributed by atoms with Gasteiger partial charge in [-0.25, -0.2) is 9.97 Å². The van der Waals surface area contributed by atoms with E-state index in [1.807, 2.05) is 158 Å². The Hall–Kier alpha value is -10.2. The number of rotatable bonds is 28. The van der Waals surface area contributed by atoms with Crippen LogP contribution in [-0.4, -0.2) is 83.4 Å². The van der Waals surface area contributed by atoms with Crippen molar-refractivity contribution >= 4 is 136 Å². The number of fused-ring (bicyclic) bond motifs is 3. The molecule has 2 amide bonds. The maximum Gasteiger partial charge on any atom is 0.328 e. The van der Waals surface area contributed by atoms with Crippen molar-refractivity contribution in [1.82, 2.24) is 28.4 Å². The molecule has 12 aromatic rings. The number of amides is 2. The Kier molecular flexibility index (Phi) is 22.0. The van der Waals surface area contributed by atoms with E-state index in [2.05, 4.69) is 79.1 Å². The third-order valence-electron chi connectivity index (χ3n) is 16.4. The lowest BCUT2D eigenvalue weighted by Crippen LogP contribution is -2.54. The summed E-state index contributed by atoms with van der Waals surface area (Å²) in [5.41, 5.74) is 7.74. The van der Waals surface area contributed by atoms with Crippen LogP contribution < -0.4 is 60.9 Å². The van der Waals surface area contributed by atoms with Gasteiger partial charge in [0.25, 0.3) is 0 Å². The molecule has 4 aromatic heterocycles. The van der Waals surface area contributed by atoms with E-state index in [4.69, 9.17) is 28.9 Å². The molecule has 490 valence electrons. The molecule has 0 aliphatic rings. The largest absolute Gasteiger partial charge is 0.497 e. The predicted molar refractivity (Wildman–Crippen MR) is 387 cm³/mol. The SMILES string of the molecule is COc1ccc2sc(/C(C#N)=c3/c4c(-c5ccc(OCCCCC(=O)NSC(F)F)cc5)n(B(c5ccccc5)c5ccccc5)/c(=C(/C#N)c5nc6cc(OC)ccc6s5)c4c(-c4ccc(OCCCCC(=O)NSC(F)F)cc4)n3B(c3ccccc3)c3ccccc3)nc2c1. The lowest BCUT2D eigenvalue weighted by atomic mass is 9.50. The second-order valence-electron chi connectivity index (χ2n) is 22.5. The number of unbranched alkanes of at least 4 members (excludes halogenated alkanes) is 2. The molecule has 8 aromatic carbocycles. The Morgan fingerprint density at radius 3 is 1.14 bits per heavy atom. The third-order valence-corrected chi connectivity index (χ3v) is 19.5. The Balaban J connectivity index is 1.23. The second kappa shape index (κ2) is 31.8. The van der Waals surface area contributed by atoms with Crippen LogP contribution in [0.3, 0.4) is 0 Å². The van der Waals surface area contributed by atoms with Gasteiger partial charge in [0.1, 0.15) is 56.3 Å². The molecule has 0 unspecified atom stereocenters. The van der Waals surface area contributed by atoms with Crippen molar-refractivity contribution in [3.63, 3.8) is 0 Å². The zero-order valence-electron chi connectivity index (χ0n) is 52.9. The van der Waals surface area contributed by atoms with E-state index < -0.39 is 37.0 Å². The molecular weight excluding hydrogens is 1320 g/mol. The quantitative estimate of drug-likeness (QED) is 0.0206. The number of carbonyl (C=O) groups is 2. The normalized spacial score (nSPS) is 11.9. The topological polar surface area (TPSA) is 178 Å². The van der Waals surface area contributed by atoms with Gasteiger partial charge in [0.05, 0.1) is 58.6 Å². The number of carbonyl (C=O) groups excluding carboxylic acids is 2. The zero-order chi connectivity index (χ0) is 68.1. The number of benzene rings is 8. The Labute approximate surface area is 579 Å². The molecule has 0 atom stereocenters. The molecule has 14 nitrogen and oxygen atoms in total. The van der Waals surface area contributed by atoms with Crippen molar-refractivity contribution in [3.8, 4) is 57.7 Å². The van der Waals surface area contributed by atoms with Crippen LogP contribution in [-0.2, 0) is 9.59 Å². The summed E-state index contributed by atoms with van der Waals surface area (Å²) in [5, 5.41) is 28.0. The van der Waals surface area contributed by atoms with Gasteiger partial charge in [0, 0.05) is 71.0 Å². The Morgan fingerprint density at radius 2 is 0.827 bits per heavy atom. The van der Waals surface area contributed by atoms with Crippen molar-refractivity contribution in [2.75, 3.05) is 27.4 Å². The van der Waals surface area contributed by atoms with Crippen LogP contribution in [0, 0.1) is 22.7 Å². The van der Waals surface area contributed by atoms with Crippen LogP contribution in [0.15, 0.2) is 206 Å². The number of thiazole rings is 2. The number of alkyl halides is 4. The number of hydrogen-bond acceptors (Lipinski definition) is 14. The molecule has 0 saturated heterocycles. The van der Waals surface area contributed by atoms with Crippen LogP contribution in [0.5, 0.6) is 23.0 Å². The van der Waals surface area contributed by atoms with Crippen LogP contribution in [0.25, 0.3) is 64.9 Å². The van der Waals surface area contributed by atoms with Gasteiger partial charge in [0.15, 0.2) is 0 Å². The number of nitrogens with zero attached hydrogens (tertiary/aromatic N) is 6. The minimum atomic E-state index is -2.74. The number of methoxy groups -OCH3 is 2. The van der Waals surface area contributed by atoms with Gasteiger partial charge in [-0.2, -0.15) is 28.1 Å². The van der Waals surface area contributed by atoms with Crippen molar-refractivity contribution < 1.29 is 46.1 Å². The number of ether oxygens (including phenoxy) is 4. The van der Waals surface area contributed by atoms with Crippen LogP contribution in [0.4, 0.5) is 17.6 Å². The Bertz CT molecular complexity index is 4630. The van der Waals surface area contributed by atoms with Gasteiger partial charge in [-0.05, 0) is 110 Å². The molecule has 0 aliphatic carbocycles. The van der Waals surface area contributed by atoms with Crippen LogP contribution >= 0.6 is 46.6 Å². The van der Waals surface area contributed by atoms with Crippen molar-refractivity contribution in [2.24, 2.45) is 0 Å². The minimum absolute atomic E-state index is 0.0382. The highest BCUT2D eigenvalue weighted by molar-refractivity contribution is 7.98. The van der Waals surface area contributed by atoms with E-state index in [0.29, 0.717) is 114 Å². The lowest BCUT2D eigenvalue weighted by molar-refractivity contribution is -0.120. The summed E-state index contributed by atoms with van der Waals surface area (Å²) in [7, 11) is 3.18. The number of halogens is 4. The van der Waals surface area contributed by atoms with Crippen molar-refractivity contribution in [2.45, 2.75) is 50.0 Å². The van der Waals surface area contributed by atoms with Crippen molar-refractivity contribution in [3.05, 3.63) is 227 Å². The van der Waals surface area contributed by atoms with Crippen LogP contribution in [0.2, 0.25) is 0 Å². The summed E-state index contributed by atoms with van der Waals surface area (Å²) in [4.78, 5) is 35.3. The number of nitriles is 2. The molecular formula is C74H60B2F4N8O6S4. The second-order valence-corrected chi connectivity index (χ2v) is 26.1. The van der Waals surface area contributed by atoms with E-state index in [9.17, 15) is 37.7 Å². The van der Waals surface area contributed by atoms with Gasteiger partial charge >= 0.3 is 25.2 Å². The maximum absolute atomic E-state index is 12.9. The molecule has 4 heterocycles. The fourth-order valence-electron chi connectivity index (χ4n) is 12.1. The highest BCUT2D eigenvalue weighted by atomic mass is 32.2. The average Bonchev–Trinajstić information content (AvgIpc) is 1.52. The molecule has 12 rings (SSSR count). The molecule has 0 bridgehead atoms. The monoisotopic (exact) mass is 1380 g/mol. The summed E-state index contributed by atoms with van der Waals surface area (Å²) in [6.07, 6.45) is 1.77. The molecule has 24 heteroatoms. The number of aromatic nitrogens is 4. The molecule has 0 aliphatic heterocycles. The van der Waals surface area contributed by atoms with Crippen LogP contribution in [0.1, 0.15) is 48.5 Å². The van der Waals surface area contributed by atoms with Crippen molar-refractivity contribution in [1.29, 1.82) is 10.5 Å². The van der Waals surface area contributed by atoms with Gasteiger partial charge in [-0.15, -0.1) is 22.7 Å².